The van der Waals surface area contributed by atoms with Gasteiger partial charge < -0.3 is 5.32 Å². The molecule has 0 fully saturated rings. The number of hydrogen-bond acceptors (Lipinski definition) is 2. The highest BCUT2D eigenvalue weighted by Gasteiger charge is 2.05. The van der Waals surface area contributed by atoms with Gasteiger partial charge in [0.1, 0.15) is 0 Å². The molecule has 2 aromatic carbocycles. The summed E-state index contributed by atoms with van der Waals surface area (Å²) in [5.74, 6) is -0.166. The highest BCUT2D eigenvalue weighted by atomic mass is 35.5. The molecule has 4 heteroatoms. The predicted molar refractivity (Wildman–Crippen MR) is 73.1 cm³/mol. The van der Waals surface area contributed by atoms with Gasteiger partial charge in [0, 0.05) is 21.2 Å². The normalized spacial score (nSPS) is 10.0. The molecule has 0 radical (unpaired) electrons. The van der Waals surface area contributed by atoms with E-state index in [1.54, 1.807) is 48.5 Å². The minimum absolute atomic E-state index is 0.166. The molecule has 0 aromatic heterocycles. The maximum atomic E-state index is 11.9. The molecule has 0 saturated heterocycles. The first kappa shape index (κ1) is 12.0. The molecule has 0 aliphatic rings. The van der Waals surface area contributed by atoms with E-state index >= 15 is 0 Å². The third kappa shape index (κ3) is 3.25. The van der Waals surface area contributed by atoms with Gasteiger partial charge in [0.05, 0.1) is 0 Å². The molecule has 0 aliphatic heterocycles. The van der Waals surface area contributed by atoms with Crippen molar-refractivity contribution in [2.24, 2.45) is 0 Å². The van der Waals surface area contributed by atoms with Crippen LogP contribution in [0.1, 0.15) is 10.4 Å². The van der Waals surface area contributed by atoms with Crippen molar-refractivity contribution in [2.75, 3.05) is 5.32 Å². The maximum Gasteiger partial charge on any atom is 0.255 e. The van der Waals surface area contributed by atoms with Gasteiger partial charge in [0.15, 0.2) is 0 Å². The second kappa shape index (κ2) is 5.25. The van der Waals surface area contributed by atoms with Crippen molar-refractivity contribution in [3.63, 3.8) is 0 Å². The Balaban J connectivity index is 2.14. The van der Waals surface area contributed by atoms with Gasteiger partial charge in [0.2, 0.25) is 0 Å². The lowest BCUT2D eigenvalue weighted by Crippen LogP contribution is -2.11. The second-order valence-electron chi connectivity index (χ2n) is 3.51. The van der Waals surface area contributed by atoms with Crippen LogP contribution in [0, 0.1) is 0 Å². The number of nitrogens with one attached hydrogen (secondary N) is 1. The van der Waals surface area contributed by atoms with Crippen molar-refractivity contribution in [1.82, 2.24) is 0 Å². The van der Waals surface area contributed by atoms with E-state index in [1.807, 2.05) is 0 Å². The molecule has 17 heavy (non-hydrogen) atoms. The van der Waals surface area contributed by atoms with Crippen LogP contribution in [0.4, 0.5) is 5.69 Å². The van der Waals surface area contributed by atoms with Crippen molar-refractivity contribution >= 4 is 35.8 Å². The second-order valence-corrected chi connectivity index (χ2v) is 4.46. The summed E-state index contributed by atoms with van der Waals surface area (Å²) in [7, 11) is 0. The Bertz CT molecular complexity index is 539. The number of carbonyl (C=O) groups is 1. The largest absolute Gasteiger partial charge is 0.322 e. The third-order valence-corrected chi connectivity index (χ3v) is 2.75. The average Bonchev–Trinajstić information content (AvgIpc) is 2.29. The van der Waals surface area contributed by atoms with E-state index in [9.17, 15) is 4.79 Å². The van der Waals surface area contributed by atoms with E-state index in [-0.39, 0.29) is 5.91 Å². The van der Waals surface area contributed by atoms with Crippen LogP contribution in [-0.2, 0) is 0 Å². The monoisotopic (exact) mass is 263 g/mol. The molecule has 1 amide bonds. The molecule has 0 unspecified atom stereocenters. The maximum absolute atomic E-state index is 11.9. The predicted octanol–water partition coefficient (Wildman–Crippen LogP) is 3.88. The van der Waals surface area contributed by atoms with Crippen molar-refractivity contribution in [2.45, 2.75) is 4.90 Å². The average molecular weight is 264 g/mol. The molecule has 2 aromatic rings. The highest BCUT2D eigenvalue weighted by molar-refractivity contribution is 7.80. The number of hydrogen-bond donors (Lipinski definition) is 2. The van der Waals surface area contributed by atoms with Gasteiger partial charge >= 0.3 is 0 Å². The summed E-state index contributed by atoms with van der Waals surface area (Å²) < 4.78 is 0. The van der Waals surface area contributed by atoms with E-state index in [4.69, 9.17) is 11.6 Å². The topological polar surface area (TPSA) is 29.1 Å². The lowest BCUT2D eigenvalue weighted by molar-refractivity contribution is 0.102. The molecular weight excluding hydrogens is 254 g/mol. The Hall–Kier alpha value is -1.45. The van der Waals surface area contributed by atoms with Crippen LogP contribution in [-0.4, -0.2) is 5.91 Å². The quantitative estimate of drug-likeness (QED) is 0.791. The minimum Gasteiger partial charge on any atom is -0.322 e. The minimum atomic E-state index is -0.166. The summed E-state index contributed by atoms with van der Waals surface area (Å²) >= 11 is 10.00. The third-order valence-electron chi connectivity index (χ3n) is 2.21. The molecule has 1 N–H and O–H groups in total. The number of anilines is 1. The Labute approximate surface area is 110 Å². The lowest BCUT2D eigenvalue weighted by Gasteiger charge is -2.05. The van der Waals surface area contributed by atoms with Gasteiger partial charge in [0.25, 0.3) is 5.91 Å². The van der Waals surface area contributed by atoms with Gasteiger partial charge in [-0.3, -0.25) is 4.79 Å². The SMILES string of the molecule is O=C(Nc1cccc(Cl)c1)c1ccc(S)cc1. The smallest absolute Gasteiger partial charge is 0.255 e. The Morgan fingerprint density at radius 1 is 1.12 bits per heavy atom. The fourth-order valence-electron chi connectivity index (χ4n) is 1.38. The summed E-state index contributed by atoms with van der Waals surface area (Å²) in [4.78, 5) is 12.7. The Morgan fingerprint density at radius 2 is 1.82 bits per heavy atom. The van der Waals surface area contributed by atoms with Gasteiger partial charge in [-0.1, -0.05) is 17.7 Å². The summed E-state index contributed by atoms with van der Waals surface area (Å²) in [6, 6.07) is 14.0. The molecular formula is C13H10ClNOS. The van der Waals surface area contributed by atoms with Crippen LogP contribution in [0.2, 0.25) is 5.02 Å². The number of benzene rings is 2. The first-order valence-electron chi connectivity index (χ1n) is 5.01. The fraction of sp³-hybridized carbons (Fsp3) is 0. The molecule has 0 spiro atoms. The van der Waals surface area contributed by atoms with Crippen molar-refractivity contribution in [3.8, 4) is 0 Å². The first-order chi connectivity index (χ1) is 8.15. The lowest BCUT2D eigenvalue weighted by atomic mass is 10.2. The number of thiol groups is 1. The molecule has 0 bridgehead atoms. The Kier molecular flexibility index (Phi) is 3.71. The van der Waals surface area contributed by atoms with E-state index in [0.29, 0.717) is 16.3 Å². The molecule has 0 heterocycles. The standard InChI is InChI=1S/C13H10ClNOS/c14-10-2-1-3-11(8-10)15-13(16)9-4-6-12(17)7-5-9/h1-8,17H,(H,15,16). The Morgan fingerprint density at radius 3 is 2.47 bits per heavy atom. The van der Waals surface area contributed by atoms with Crippen molar-refractivity contribution in [3.05, 3.63) is 59.1 Å². The molecule has 2 rings (SSSR count). The van der Waals surface area contributed by atoms with Gasteiger partial charge in [-0.05, 0) is 42.5 Å². The summed E-state index contributed by atoms with van der Waals surface area (Å²) in [5, 5.41) is 3.36. The molecule has 2 nitrogen and oxygen atoms in total. The molecule has 0 aliphatic carbocycles. The summed E-state index contributed by atoms with van der Waals surface area (Å²) in [6.45, 7) is 0. The van der Waals surface area contributed by atoms with Crippen molar-refractivity contribution < 1.29 is 4.79 Å². The van der Waals surface area contributed by atoms with E-state index in [1.165, 1.54) is 0 Å². The van der Waals surface area contributed by atoms with E-state index in [2.05, 4.69) is 17.9 Å². The van der Waals surface area contributed by atoms with Crippen LogP contribution in [0.3, 0.4) is 0 Å². The van der Waals surface area contributed by atoms with Crippen LogP contribution in [0.15, 0.2) is 53.4 Å². The van der Waals surface area contributed by atoms with Crippen LogP contribution < -0.4 is 5.32 Å². The first-order valence-corrected chi connectivity index (χ1v) is 5.83. The number of amides is 1. The van der Waals surface area contributed by atoms with Gasteiger partial charge in [-0.25, -0.2) is 0 Å². The number of rotatable bonds is 2. The summed E-state index contributed by atoms with van der Waals surface area (Å²) in [6.07, 6.45) is 0. The fourth-order valence-corrected chi connectivity index (χ4v) is 1.72. The number of halogens is 1. The zero-order chi connectivity index (χ0) is 12.3. The molecule has 86 valence electrons. The van der Waals surface area contributed by atoms with Gasteiger partial charge in [-0.15, -0.1) is 12.6 Å². The van der Waals surface area contributed by atoms with Gasteiger partial charge in [-0.2, -0.15) is 0 Å². The molecule has 0 saturated carbocycles. The zero-order valence-corrected chi connectivity index (χ0v) is 10.5. The zero-order valence-electron chi connectivity index (χ0n) is 8.85. The summed E-state index contributed by atoms with van der Waals surface area (Å²) in [5.41, 5.74) is 1.26. The van der Waals surface area contributed by atoms with Crippen molar-refractivity contribution in [1.29, 1.82) is 0 Å². The highest BCUT2D eigenvalue weighted by Crippen LogP contribution is 2.16. The van der Waals surface area contributed by atoms with Crippen LogP contribution in [0.25, 0.3) is 0 Å². The van der Waals surface area contributed by atoms with E-state index in [0.717, 1.165) is 4.90 Å². The van der Waals surface area contributed by atoms with E-state index < -0.39 is 0 Å². The molecule has 0 atom stereocenters. The van der Waals surface area contributed by atoms with Crippen LogP contribution in [0.5, 0.6) is 0 Å². The van der Waals surface area contributed by atoms with Crippen LogP contribution >= 0.6 is 24.2 Å². The number of carbonyl (C=O) groups excluding carboxylic acids is 1.